The van der Waals surface area contributed by atoms with Gasteiger partial charge < -0.3 is 14.6 Å². The fourth-order valence-corrected chi connectivity index (χ4v) is 3.42. The van der Waals surface area contributed by atoms with Gasteiger partial charge in [0.15, 0.2) is 0 Å². The molecule has 0 saturated carbocycles. The fourth-order valence-electron chi connectivity index (χ4n) is 3.20. The molecule has 0 aliphatic rings. The first kappa shape index (κ1) is 19.7. The molecule has 4 rings (SSSR count). The van der Waals surface area contributed by atoms with Crippen LogP contribution >= 0.6 is 11.6 Å². The number of nitrogens with zero attached hydrogens (tertiary/aromatic N) is 2. The summed E-state index contributed by atoms with van der Waals surface area (Å²) in [4.78, 5) is 8.57. The van der Waals surface area contributed by atoms with Crippen LogP contribution in [0, 0.1) is 0 Å². The Morgan fingerprint density at radius 2 is 1.80 bits per heavy atom. The van der Waals surface area contributed by atoms with Crippen molar-refractivity contribution in [3.05, 3.63) is 89.8 Å². The van der Waals surface area contributed by atoms with Crippen molar-refractivity contribution in [2.75, 3.05) is 7.11 Å². The molecule has 0 atom stereocenters. The van der Waals surface area contributed by atoms with Crippen LogP contribution in [-0.2, 0) is 6.61 Å². The lowest BCUT2D eigenvalue weighted by Crippen LogP contribution is -1.96. The molecule has 0 spiro atoms. The van der Waals surface area contributed by atoms with Crippen molar-refractivity contribution in [2.45, 2.75) is 6.61 Å². The highest BCUT2D eigenvalue weighted by Gasteiger charge is 2.16. The van der Waals surface area contributed by atoms with Crippen LogP contribution in [0.15, 0.2) is 79.3 Å². The van der Waals surface area contributed by atoms with Gasteiger partial charge in [0.05, 0.1) is 12.8 Å². The average Bonchev–Trinajstić information content (AvgIpc) is 2.78. The van der Waals surface area contributed by atoms with Crippen LogP contribution in [-0.4, -0.2) is 22.2 Å². The molecule has 0 unspecified atom stereocenters. The van der Waals surface area contributed by atoms with E-state index in [9.17, 15) is 5.11 Å². The van der Waals surface area contributed by atoms with Gasteiger partial charge in [-0.15, -0.1) is 0 Å². The summed E-state index contributed by atoms with van der Waals surface area (Å²) in [6.07, 6.45) is 3.17. The van der Waals surface area contributed by atoms with Gasteiger partial charge in [-0.25, -0.2) is 9.97 Å². The number of rotatable bonds is 6. The minimum absolute atomic E-state index is 0.0634. The van der Waals surface area contributed by atoms with Crippen molar-refractivity contribution in [3.8, 4) is 39.6 Å². The zero-order valence-electron chi connectivity index (χ0n) is 16.2. The minimum Gasteiger partial charge on any atom is -0.507 e. The van der Waals surface area contributed by atoms with Gasteiger partial charge in [0.1, 0.15) is 30.2 Å². The summed E-state index contributed by atoms with van der Waals surface area (Å²) in [6, 6.07) is 20.2. The highest BCUT2D eigenvalue weighted by Crippen LogP contribution is 2.39. The van der Waals surface area contributed by atoms with E-state index in [0.717, 1.165) is 16.7 Å². The summed E-state index contributed by atoms with van der Waals surface area (Å²) in [5.41, 5.74) is 3.73. The van der Waals surface area contributed by atoms with E-state index < -0.39 is 0 Å². The third-order valence-electron chi connectivity index (χ3n) is 4.63. The van der Waals surface area contributed by atoms with E-state index in [-0.39, 0.29) is 5.75 Å². The Morgan fingerprint density at radius 3 is 2.60 bits per heavy atom. The number of ether oxygens (including phenoxy) is 2. The van der Waals surface area contributed by atoms with Gasteiger partial charge in [-0.3, -0.25) is 0 Å². The molecule has 0 saturated heterocycles. The highest BCUT2D eigenvalue weighted by molar-refractivity contribution is 6.30. The molecule has 1 heterocycles. The summed E-state index contributed by atoms with van der Waals surface area (Å²) in [5, 5.41) is 11.3. The largest absolute Gasteiger partial charge is 0.507 e. The van der Waals surface area contributed by atoms with E-state index in [4.69, 9.17) is 21.1 Å². The van der Waals surface area contributed by atoms with Crippen LogP contribution in [0.25, 0.3) is 22.4 Å². The third kappa shape index (κ3) is 4.21. The SMILES string of the molecule is COc1ccccc1-c1cncnc1-c1ccc(OCc2cccc(Cl)c2)cc1O. The summed E-state index contributed by atoms with van der Waals surface area (Å²) < 4.78 is 11.3. The van der Waals surface area contributed by atoms with Gasteiger partial charge in [-0.1, -0.05) is 41.9 Å². The molecular weight excluding hydrogens is 400 g/mol. The van der Waals surface area contributed by atoms with Gasteiger partial charge >= 0.3 is 0 Å². The number of phenols is 1. The first-order valence-corrected chi connectivity index (χ1v) is 9.67. The van der Waals surface area contributed by atoms with Crippen molar-refractivity contribution in [1.29, 1.82) is 0 Å². The van der Waals surface area contributed by atoms with Gasteiger partial charge in [0.2, 0.25) is 0 Å². The van der Waals surface area contributed by atoms with Crippen molar-refractivity contribution >= 4 is 11.6 Å². The maximum Gasteiger partial charge on any atom is 0.128 e. The molecule has 30 heavy (non-hydrogen) atoms. The molecule has 4 aromatic rings. The van der Waals surface area contributed by atoms with Gasteiger partial charge in [0.25, 0.3) is 0 Å². The molecule has 0 aliphatic heterocycles. The Balaban J connectivity index is 1.64. The summed E-state index contributed by atoms with van der Waals surface area (Å²) in [5.74, 6) is 1.31. The molecule has 3 aromatic carbocycles. The lowest BCUT2D eigenvalue weighted by molar-refractivity contribution is 0.304. The maximum atomic E-state index is 10.7. The Morgan fingerprint density at radius 1 is 0.933 bits per heavy atom. The minimum atomic E-state index is 0.0634. The Labute approximate surface area is 179 Å². The lowest BCUT2D eigenvalue weighted by Gasteiger charge is -2.14. The average molecular weight is 419 g/mol. The molecule has 5 nitrogen and oxygen atoms in total. The number of hydrogen-bond acceptors (Lipinski definition) is 5. The first-order chi connectivity index (χ1) is 14.7. The van der Waals surface area contributed by atoms with Crippen LogP contribution in [0.2, 0.25) is 5.02 Å². The number of benzene rings is 3. The fraction of sp³-hybridized carbons (Fsp3) is 0.0833. The second-order valence-corrected chi connectivity index (χ2v) is 7.02. The highest BCUT2D eigenvalue weighted by atomic mass is 35.5. The molecule has 1 aromatic heterocycles. The summed E-state index contributed by atoms with van der Waals surface area (Å²) in [7, 11) is 1.62. The van der Waals surface area contributed by atoms with Crippen molar-refractivity contribution in [1.82, 2.24) is 9.97 Å². The van der Waals surface area contributed by atoms with Crippen LogP contribution in [0.4, 0.5) is 0 Å². The van der Waals surface area contributed by atoms with E-state index in [1.54, 1.807) is 31.5 Å². The second-order valence-electron chi connectivity index (χ2n) is 6.58. The Hall–Kier alpha value is -3.57. The van der Waals surface area contributed by atoms with Crippen molar-refractivity contribution in [2.24, 2.45) is 0 Å². The molecule has 0 fully saturated rings. The van der Waals surface area contributed by atoms with Crippen LogP contribution in [0.3, 0.4) is 0 Å². The zero-order valence-corrected chi connectivity index (χ0v) is 17.0. The summed E-state index contributed by atoms with van der Waals surface area (Å²) in [6.45, 7) is 0.347. The third-order valence-corrected chi connectivity index (χ3v) is 4.86. The molecule has 0 bridgehead atoms. The number of phenolic OH excluding ortho intramolecular Hbond substituents is 1. The first-order valence-electron chi connectivity index (χ1n) is 9.29. The number of hydrogen-bond donors (Lipinski definition) is 1. The number of aromatic hydroxyl groups is 1. The van der Waals surface area contributed by atoms with E-state index in [1.165, 1.54) is 6.33 Å². The van der Waals surface area contributed by atoms with E-state index in [2.05, 4.69) is 9.97 Å². The predicted octanol–water partition coefficient (Wildman–Crippen LogP) is 5.76. The zero-order chi connectivity index (χ0) is 20.9. The molecular formula is C24H19ClN2O3. The van der Waals surface area contributed by atoms with Crippen LogP contribution in [0.1, 0.15) is 5.56 Å². The quantitative estimate of drug-likeness (QED) is 0.431. The van der Waals surface area contributed by atoms with E-state index >= 15 is 0 Å². The van der Waals surface area contributed by atoms with Gasteiger partial charge in [0, 0.05) is 34.0 Å². The standard InChI is InChI=1S/C24H19ClN2O3/c1-29-23-8-3-2-7-19(23)21-13-26-15-27-24(21)20-10-9-18(12-22(20)28)30-14-16-5-4-6-17(25)11-16/h2-13,15,28H,14H2,1H3. The van der Waals surface area contributed by atoms with Crippen molar-refractivity contribution < 1.29 is 14.6 Å². The van der Waals surface area contributed by atoms with Crippen LogP contribution in [0.5, 0.6) is 17.2 Å². The second kappa shape index (κ2) is 8.84. The molecule has 6 heteroatoms. The molecule has 0 amide bonds. The van der Waals surface area contributed by atoms with Crippen LogP contribution < -0.4 is 9.47 Å². The van der Waals surface area contributed by atoms with Gasteiger partial charge in [-0.2, -0.15) is 0 Å². The van der Waals surface area contributed by atoms with Crippen molar-refractivity contribution in [3.63, 3.8) is 0 Å². The van der Waals surface area contributed by atoms with E-state index in [0.29, 0.717) is 34.4 Å². The number of para-hydroxylation sites is 1. The predicted molar refractivity (Wildman–Crippen MR) is 117 cm³/mol. The van der Waals surface area contributed by atoms with Gasteiger partial charge in [-0.05, 0) is 35.9 Å². The molecule has 1 N–H and O–H groups in total. The normalized spacial score (nSPS) is 10.6. The van der Waals surface area contributed by atoms with E-state index in [1.807, 2.05) is 48.5 Å². The number of halogens is 1. The number of methoxy groups -OCH3 is 1. The molecule has 150 valence electrons. The number of aromatic nitrogens is 2. The monoisotopic (exact) mass is 418 g/mol. The topological polar surface area (TPSA) is 64.5 Å². The Bertz CT molecular complexity index is 1180. The Kier molecular flexibility index (Phi) is 5.82. The maximum absolute atomic E-state index is 10.7. The smallest absolute Gasteiger partial charge is 0.128 e. The molecule has 0 aliphatic carbocycles. The lowest BCUT2D eigenvalue weighted by atomic mass is 9.99. The molecule has 0 radical (unpaired) electrons. The summed E-state index contributed by atoms with van der Waals surface area (Å²) >= 11 is 6.01.